The van der Waals surface area contributed by atoms with E-state index >= 15 is 0 Å². The second kappa shape index (κ2) is 3.91. The Morgan fingerprint density at radius 3 is 2.93 bits per heavy atom. The molecule has 1 aliphatic heterocycles. The van der Waals surface area contributed by atoms with Crippen molar-refractivity contribution in [2.75, 3.05) is 24.6 Å². The van der Waals surface area contributed by atoms with Crippen LogP contribution in [0.15, 0.2) is 18.2 Å². The smallest absolute Gasteiger partial charge is 0.124 e. The highest BCUT2D eigenvalue weighted by atomic mass is 16.5. The molecule has 2 nitrogen and oxygen atoms in total. The first-order valence-electron chi connectivity index (χ1n) is 5.36. The Bertz CT molecular complexity index is 322. The molecule has 0 atom stereocenters. The largest absolute Gasteiger partial charge is 0.494 e. The second-order valence-electron chi connectivity index (χ2n) is 3.52. The van der Waals surface area contributed by atoms with Crippen molar-refractivity contribution < 1.29 is 4.74 Å². The monoisotopic (exact) mass is 191 g/mol. The Morgan fingerprint density at radius 2 is 2.21 bits per heavy atom. The molecule has 0 bridgehead atoms. The van der Waals surface area contributed by atoms with Crippen LogP contribution in [-0.4, -0.2) is 19.7 Å². The van der Waals surface area contributed by atoms with E-state index in [0.29, 0.717) is 0 Å². The van der Waals surface area contributed by atoms with Gasteiger partial charge in [0, 0.05) is 24.3 Å². The van der Waals surface area contributed by atoms with Crippen LogP contribution < -0.4 is 9.64 Å². The van der Waals surface area contributed by atoms with Gasteiger partial charge in [-0.1, -0.05) is 6.07 Å². The summed E-state index contributed by atoms with van der Waals surface area (Å²) in [6, 6.07) is 6.34. The molecule has 0 saturated heterocycles. The molecule has 0 unspecified atom stereocenters. The second-order valence-corrected chi connectivity index (χ2v) is 3.52. The number of nitrogens with zero attached hydrogens (tertiary/aromatic N) is 1. The van der Waals surface area contributed by atoms with E-state index in [1.807, 2.05) is 6.92 Å². The average Bonchev–Trinajstić information content (AvgIpc) is 2.62. The quantitative estimate of drug-likeness (QED) is 0.727. The third-order valence-corrected chi connectivity index (χ3v) is 2.76. The molecular formula is C12H17NO. The molecule has 0 amide bonds. The van der Waals surface area contributed by atoms with Crippen molar-refractivity contribution in [3.05, 3.63) is 23.8 Å². The molecular weight excluding hydrogens is 174 g/mol. The van der Waals surface area contributed by atoms with E-state index in [1.165, 1.54) is 11.3 Å². The maximum Gasteiger partial charge on any atom is 0.124 e. The van der Waals surface area contributed by atoms with Gasteiger partial charge in [-0.25, -0.2) is 0 Å². The van der Waals surface area contributed by atoms with Crippen molar-refractivity contribution in [1.29, 1.82) is 0 Å². The van der Waals surface area contributed by atoms with Gasteiger partial charge in [0.05, 0.1) is 6.61 Å². The van der Waals surface area contributed by atoms with E-state index in [1.54, 1.807) is 0 Å². The van der Waals surface area contributed by atoms with Crippen molar-refractivity contribution >= 4 is 5.69 Å². The summed E-state index contributed by atoms with van der Waals surface area (Å²) in [6.45, 7) is 7.20. The number of benzene rings is 1. The number of hydrogen-bond donors (Lipinski definition) is 0. The molecule has 0 saturated carbocycles. The molecule has 0 spiro atoms. The standard InChI is InChI=1S/C12H17NO/c1-3-13-9-8-10-11(13)6-5-7-12(10)14-4-2/h5-7H,3-4,8-9H2,1-2H3. The molecule has 2 heteroatoms. The van der Waals surface area contributed by atoms with Crippen LogP contribution in [0.4, 0.5) is 5.69 Å². The molecule has 76 valence electrons. The van der Waals surface area contributed by atoms with Gasteiger partial charge >= 0.3 is 0 Å². The molecule has 0 aromatic heterocycles. The van der Waals surface area contributed by atoms with E-state index in [0.717, 1.165) is 31.9 Å². The molecule has 2 rings (SSSR count). The number of fused-ring (bicyclic) bond motifs is 1. The van der Waals surface area contributed by atoms with E-state index in [2.05, 4.69) is 30.0 Å². The lowest BCUT2D eigenvalue weighted by atomic mass is 10.1. The third-order valence-electron chi connectivity index (χ3n) is 2.76. The SMILES string of the molecule is CCOc1cccc2c1CCN2CC. The van der Waals surface area contributed by atoms with Gasteiger partial charge in [0.25, 0.3) is 0 Å². The number of ether oxygens (including phenoxy) is 1. The maximum atomic E-state index is 5.61. The molecule has 1 aliphatic rings. The third kappa shape index (κ3) is 1.45. The van der Waals surface area contributed by atoms with Crippen molar-refractivity contribution in [3.8, 4) is 5.75 Å². The molecule has 1 aromatic carbocycles. The van der Waals surface area contributed by atoms with Crippen LogP contribution >= 0.6 is 0 Å². The van der Waals surface area contributed by atoms with Crippen LogP contribution in [0.5, 0.6) is 5.75 Å². The van der Waals surface area contributed by atoms with Gasteiger partial charge in [-0.3, -0.25) is 0 Å². The fourth-order valence-corrected chi connectivity index (χ4v) is 2.09. The van der Waals surface area contributed by atoms with Gasteiger partial charge in [-0.05, 0) is 32.4 Å². The zero-order chi connectivity index (χ0) is 9.97. The predicted octanol–water partition coefficient (Wildman–Crippen LogP) is 2.47. The highest BCUT2D eigenvalue weighted by molar-refractivity contribution is 5.63. The predicted molar refractivity (Wildman–Crippen MR) is 59.2 cm³/mol. The van der Waals surface area contributed by atoms with Crippen molar-refractivity contribution in [3.63, 3.8) is 0 Å². The molecule has 1 aromatic rings. The minimum Gasteiger partial charge on any atom is -0.494 e. The summed E-state index contributed by atoms with van der Waals surface area (Å²) in [6.07, 6.45) is 1.12. The first kappa shape index (κ1) is 9.38. The summed E-state index contributed by atoms with van der Waals surface area (Å²) in [4.78, 5) is 2.40. The van der Waals surface area contributed by atoms with Gasteiger partial charge in [0.15, 0.2) is 0 Å². The lowest BCUT2D eigenvalue weighted by Gasteiger charge is -2.16. The van der Waals surface area contributed by atoms with Crippen LogP contribution in [0.25, 0.3) is 0 Å². The fourth-order valence-electron chi connectivity index (χ4n) is 2.09. The topological polar surface area (TPSA) is 12.5 Å². The van der Waals surface area contributed by atoms with Crippen LogP contribution in [0.2, 0.25) is 0 Å². The summed E-state index contributed by atoms with van der Waals surface area (Å²) >= 11 is 0. The highest BCUT2D eigenvalue weighted by Gasteiger charge is 2.20. The van der Waals surface area contributed by atoms with Gasteiger partial charge in [-0.2, -0.15) is 0 Å². The summed E-state index contributed by atoms with van der Waals surface area (Å²) in [5.74, 6) is 1.07. The molecule has 0 fully saturated rings. The normalized spacial score (nSPS) is 14.3. The van der Waals surface area contributed by atoms with E-state index in [4.69, 9.17) is 4.74 Å². The Hall–Kier alpha value is -1.18. The number of anilines is 1. The summed E-state index contributed by atoms with van der Waals surface area (Å²) < 4.78 is 5.61. The number of hydrogen-bond acceptors (Lipinski definition) is 2. The van der Waals surface area contributed by atoms with Gasteiger partial charge in [-0.15, -0.1) is 0 Å². The molecule has 0 radical (unpaired) electrons. The lowest BCUT2D eigenvalue weighted by Crippen LogP contribution is -2.18. The minimum absolute atomic E-state index is 0.753. The molecule has 14 heavy (non-hydrogen) atoms. The Morgan fingerprint density at radius 1 is 1.36 bits per heavy atom. The first-order chi connectivity index (χ1) is 6.86. The van der Waals surface area contributed by atoms with Crippen LogP contribution in [-0.2, 0) is 6.42 Å². The van der Waals surface area contributed by atoms with Crippen molar-refractivity contribution in [2.24, 2.45) is 0 Å². The summed E-state index contributed by atoms with van der Waals surface area (Å²) in [7, 11) is 0. The number of likely N-dealkylation sites (N-methyl/N-ethyl adjacent to an activating group) is 1. The summed E-state index contributed by atoms with van der Waals surface area (Å²) in [5.41, 5.74) is 2.75. The van der Waals surface area contributed by atoms with Crippen LogP contribution in [0, 0.1) is 0 Å². The van der Waals surface area contributed by atoms with Crippen LogP contribution in [0.3, 0.4) is 0 Å². The maximum absolute atomic E-state index is 5.61. The van der Waals surface area contributed by atoms with E-state index in [9.17, 15) is 0 Å². The number of rotatable bonds is 3. The molecule has 1 heterocycles. The zero-order valence-electron chi connectivity index (χ0n) is 8.92. The highest BCUT2D eigenvalue weighted by Crippen LogP contribution is 2.34. The summed E-state index contributed by atoms with van der Waals surface area (Å²) in [5, 5.41) is 0. The first-order valence-corrected chi connectivity index (χ1v) is 5.36. The molecule has 0 aliphatic carbocycles. The Kier molecular flexibility index (Phi) is 2.62. The van der Waals surface area contributed by atoms with E-state index < -0.39 is 0 Å². The van der Waals surface area contributed by atoms with Gasteiger partial charge < -0.3 is 9.64 Å². The fraction of sp³-hybridized carbons (Fsp3) is 0.500. The molecule has 0 N–H and O–H groups in total. The van der Waals surface area contributed by atoms with E-state index in [-0.39, 0.29) is 0 Å². The van der Waals surface area contributed by atoms with Crippen molar-refractivity contribution in [2.45, 2.75) is 20.3 Å². The Labute approximate surface area is 85.5 Å². The average molecular weight is 191 g/mol. The van der Waals surface area contributed by atoms with Gasteiger partial charge in [0.2, 0.25) is 0 Å². The van der Waals surface area contributed by atoms with Crippen molar-refractivity contribution in [1.82, 2.24) is 0 Å². The van der Waals surface area contributed by atoms with Crippen LogP contribution in [0.1, 0.15) is 19.4 Å². The minimum atomic E-state index is 0.753. The Balaban J connectivity index is 2.34. The lowest BCUT2D eigenvalue weighted by molar-refractivity contribution is 0.337. The zero-order valence-corrected chi connectivity index (χ0v) is 8.92. The van der Waals surface area contributed by atoms with Gasteiger partial charge in [0.1, 0.15) is 5.75 Å².